The van der Waals surface area contributed by atoms with E-state index in [0.29, 0.717) is 0 Å². The van der Waals surface area contributed by atoms with Gasteiger partial charge in [0.15, 0.2) is 17.9 Å². The standard InChI is InChI=1S/C15H22O9/c1-7(16)19-6-10-11(20-8(2)17)12-13(24-15(4,5)23-12)14(22-10)21-9(3)18/h10-14H,6H2,1-5H3/t10-,11-,12+,13+,14?/m1/s1/i6D2,11D,12D,13D,14D. The van der Waals surface area contributed by atoms with Crippen LogP contribution in [0.15, 0.2) is 0 Å². The Labute approximate surface area is 147 Å². The lowest BCUT2D eigenvalue weighted by Crippen LogP contribution is -2.59. The summed E-state index contributed by atoms with van der Waals surface area (Å²) in [7, 11) is 0. The summed E-state index contributed by atoms with van der Waals surface area (Å²) in [6.45, 7) is 1.62. The number of fused-ring (bicyclic) bond motifs is 1. The quantitative estimate of drug-likeness (QED) is 0.521. The fraction of sp³-hybridized carbons (Fsp3) is 0.800. The maximum Gasteiger partial charge on any atom is 0.305 e. The van der Waals surface area contributed by atoms with E-state index in [1.54, 1.807) is 0 Å². The van der Waals surface area contributed by atoms with Gasteiger partial charge in [0.1, 0.15) is 20.1 Å². The van der Waals surface area contributed by atoms with E-state index in [1.165, 1.54) is 13.8 Å². The van der Waals surface area contributed by atoms with Crippen molar-refractivity contribution in [3.8, 4) is 0 Å². The molecule has 0 saturated carbocycles. The van der Waals surface area contributed by atoms with Crippen LogP contribution in [0.3, 0.4) is 0 Å². The zero-order chi connectivity index (χ0) is 23.6. The third-order valence-electron chi connectivity index (χ3n) is 2.57. The molecule has 9 heteroatoms. The van der Waals surface area contributed by atoms with E-state index in [1.807, 2.05) is 0 Å². The smallest absolute Gasteiger partial charge is 0.305 e. The zero-order valence-electron chi connectivity index (χ0n) is 19.8. The Balaban J connectivity index is 2.82. The van der Waals surface area contributed by atoms with Crippen LogP contribution < -0.4 is 0 Å². The second-order valence-electron chi connectivity index (χ2n) is 5.31. The van der Waals surface area contributed by atoms with Crippen LogP contribution in [0.1, 0.15) is 42.8 Å². The van der Waals surface area contributed by atoms with E-state index in [9.17, 15) is 14.4 Å². The second kappa shape index (κ2) is 7.04. The van der Waals surface area contributed by atoms with Gasteiger partial charge in [-0.05, 0) is 13.8 Å². The van der Waals surface area contributed by atoms with E-state index in [-0.39, 0.29) is 0 Å². The number of carbonyl (C=O) groups is 3. The van der Waals surface area contributed by atoms with Crippen LogP contribution in [-0.4, -0.2) is 60.9 Å². The molecule has 2 aliphatic rings. The molecule has 2 fully saturated rings. The maximum atomic E-state index is 11.7. The fourth-order valence-corrected chi connectivity index (χ4v) is 1.90. The van der Waals surface area contributed by atoms with Gasteiger partial charge in [-0.2, -0.15) is 0 Å². The highest BCUT2D eigenvalue weighted by molar-refractivity contribution is 5.67. The van der Waals surface area contributed by atoms with Crippen LogP contribution in [-0.2, 0) is 42.8 Å². The molecule has 0 amide bonds. The Kier molecular flexibility index (Phi) is 3.45. The summed E-state index contributed by atoms with van der Waals surface area (Å²) in [5, 5.41) is 0. The molecular formula is C15H22O9. The first kappa shape index (κ1) is 11.8. The molecule has 24 heavy (non-hydrogen) atoms. The van der Waals surface area contributed by atoms with Crippen molar-refractivity contribution in [2.75, 3.05) is 6.56 Å². The molecule has 2 heterocycles. The summed E-state index contributed by atoms with van der Waals surface area (Å²) in [4.78, 5) is 34.7. The normalized spacial score (nSPS) is 50.6. The SMILES string of the molecule is [2H]C([2H])(OC(C)=O)[C@H]1OC([2H])(OC(C)=O)[C@@]2([2H])OC(C)(C)O[C@@]2([2H])[C@]1([2H])OC(C)=O. The highest BCUT2D eigenvalue weighted by atomic mass is 16.8. The third kappa shape index (κ3) is 4.43. The van der Waals surface area contributed by atoms with Gasteiger partial charge in [0.05, 0.1) is 6.85 Å². The van der Waals surface area contributed by atoms with E-state index in [0.717, 1.165) is 20.8 Å². The lowest BCUT2D eigenvalue weighted by atomic mass is 9.99. The number of hydrogen-bond acceptors (Lipinski definition) is 9. The maximum absolute atomic E-state index is 11.7. The predicted octanol–water partition coefficient (Wildman–Crippen LogP) is 0.289. The van der Waals surface area contributed by atoms with Crippen molar-refractivity contribution in [2.45, 2.75) is 71.0 Å². The lowest BCUT2D eigenvalue weighted by molar-refractivity contribution is -0.275. The Morgan fingerprint density at radius 2 is 1.62 bits per heavy atom. The predicted molar refractivity (Wildman–Crippen MR) is 76.4 cm³/mol. The summed E-state index contributed by atoms with van der Waals surface area (Å²) in [6, 6.07) is 0. The van der Waals surface area contributed by atoms with Crippen LogP contribution in [0.25, 0.3) is 0 Å². The Morgan fingerprint density at radius 3 is 2.17 bits per heavy atom. The molecular weight excluding hydrogens is 324 g/mol. The molecule has 0 aromatic heterocycles. The molecule has 5 atom stereocenters. The van der Waals surface area contributed by atoms with Crippen molar-refractivity contribution in [1.82, 2.24) is 0 Å². The molecule has 1 unspecified atom stereocenters. The first-order valence-corrected chi connectivity index (χ1v) is 6.92. The Hall–Kier alpha value is -1.71. The van der Waals surface area contributed by atoms with Gasteiger partial charge in [0.2, 0.25) is 6.27 Å². The molecule has 136 valence electrons. The van der Waals surface area contributed by atoms with Crippen LogP contribution in [0.4, 0.5) is 0 Å². The topological polar surface area (TPSA) is 107 Å². The summed E-state index contributed by atoms with van der Waals surface area (Å²) < 4.78 is 80.4. The first-order chi connectivity index (χ1) is 13.3. The number of rotatable bonds is 4. The lowest BCUT2D eigenvalue weighted by Gasteiger charge is -2.40. The average molecular weight is 352 g/mol. The molecule has 0 spiro atoms. The molecule has 0 aromatic rings. The molecule has 0 aliphatic carbocycles. The van der Waals surface area contributed by atoms with Crippen LogP contribution in [0.5, 0.6) is 0 Å². The van der Waals surface area contributed by atoms with Crippen molar-refractivity contribution in [3.05, 3.63) is 0 Å². The van der Waals surface area contributed by atoms with Gasteiger partial charge in [-0.15, -0.1) is 0 Å². The highest BCUT2D eigenvalue weighted by Gasteiger charge is 2.58. The Morgan fingerprint density at radius 1 is 1.04 bits per heavy atom. The average Bonchev–Trinajstić information content (AvgIpc) is 2.68. The van der Waals surface area contributed by atoms with E-state index >= 15 is 0 Å². The minimum absolute atomic E-state index is 0.833. The summed E-state index contributed by atoms with van der Waals surface area (Å²) in [6.07, 6.45) is -15.5. The van der Waals surface area contributed by atoms with Crippen molar-refractivity contribution in [1.29, 1.82) is 0 Å². The van der Waals surface area contributed by atoms with E-state index < -0.39 is 60.9 Å². The Bertz CT molecular complexity index is 778. The van der Waals surface area contributed by atoms with Crippen molar-refractivity contribution >= 4 is 17.9 Å². The molecule has 2 saturated heterocycles. The van der Waals surface area contributed by atoms with Crippen LogP contribution in [0, 0.1) is 0 Å². The van der Waals surface area contributed by atoms with E-state index in [4.69, 9.17) is 31.9 Å². The third-order valence-corrected chi connectivity index (χ3v) is 2.57. The van der Waals surface area contributed by atoms with Gasteiger partial charge in [0.25, 0.3) is 0 Å². The minimum atomic E-state index is -3.30. The zero-order valence-corrected chi connectivity index (χ0v) is 13.8. The summed E-state index contributed by atoms with van der Waals surface area (Å²) >= 11 is 0. The number of ether oxygens (including phenoxy) is 6. The molecule has 0 radical (unpaired) electrons. The summed E-state index contributed by atoms with van der Waals surface area (Å²) in [5.74, 6) is -5.43. The largest absolute Gasteiger partial charge is 0.463 e. The molecule has 0 bridgehead atoms. The van der Waals surface area contributed by atoms with E-state index in [2.05, 4.69) is 4.74 Å². The van der Waals surface area contributed by atoms with Crippen LogP contribution >= 0.6 is 0 Å². The van der Waals surface area contributed by atoms with Crippen molar-refractivity contribution in [3.63, 3.8) is 0 Å². The fourth-order valence-electron chi connectivity index (χ4n) is 1.90. The number of esters is 3. The van der Waals surface area contributed by atoms with Crippen molar-refractivity contribution in [2.24, 2.45) is 0 Å². The van der Waals surface area contributed by atoms with Crippen molar-refractivity contribution < 1.29 is 51.0 Å². The molecule has 2 rings (SSSR count). The minimum Gasteiger partial charge on any atom is -0.463 e. The molecule has 9 nitrogen and oxygen atoms in total. The first-order valence-electron chi connectivity index (χ1n) is 9.92. The molecule has 0 N–H and O–H groups in total. The molecule has 0 aromatic carbocycles. The van der Waals surface area contributed by atoms with Gasteiger partial charge in [-0.3, -0.25) is 14.4 Å². The van der Waals surface area contributed by atoms with Crippen LogP contribution in [0.2, 0.25) is 0 Å². The van der Waals surface area contributed by atoms with Gasteiger partial charge in [0, 0.05) is 20.8 Å². The van der Waals surface area contributed by atoms with Gasteiger partial charge >= 0.3 is 17.9 Å². The molecule has 2 aliphatic heterocycles. The summed E-state index contributed by atoms with van der Waals surface area (Å²) in [5.41, 5.74) is 0. The highest BCUT2D eigenvalue weighted by Crippen LogP contribution is 2.39. The number of carbonyl (C=O) groups excluding carboxylic acids is 3. The van der Waals surface area contributed by atoms with Gasteiger partial charge < -0.3 is 28.4 Å². The second-order valence-corrected chi connectivity index (χ2v) is 5.31. The number of hydrogen-bond donors (Lipinski definition) is 0. The van der Waals surface area contributed by atoms with Gasteiger partial charge in [-0.1, -0.05) is 0 Å². The van der Waals surface area contributed by atoms with Gasteiger partial charge in [-0.25, -0.2) is 0 Å². The monoisotopic (exact) mass is 352 g/mol.